The van der Waals surface area contributed by atoms with Gasteiger partial charge in [-0.05, 0) is 60.8 Å². The molecule has 94 valence electrons. The molecule has 1 saturated carbocycles. The second-order valence-corrected chi connectivity index (χ2v) is 6.88. The number of aryl methyl sites for hydroxylation is 2. The summed E-state index contributed by atoms with van der Waals surface area (Å²) < 4.78 is 0. The van der Waals surface area contributed by atoms with Gasteiger partial charge in [-0.15, -0.1) is 0 Å². The molecule has 1 fully saturated rings. The second kappa shape index (κ2) is 3.84. The van der Waals surface area contributed by atoms with Gasteiger partial charge in [-0.25, -0.2) is 0 Å². The summed E-state index contributed by atoms with van der Waals surface area (Å²) in [4.78, 5) is 0. The highest BCUT2D eigenvalue weighted by Crippen LogP contribution is 2.38. The van der Waals surface area contributed by atoms with Crippen LogP contribution >= 0.6 is 0 Å². The molecule has 1 aromatic carbocycles. The molecule has 0 amide bonds. The van der Waals surface area contributed by atoms with Gasteiger partial charge >= 0.3 is 0 Å². The Labute approximate surface area is 105 Å². The topological polar surface area (TPSA) is 26.0 Å². The highest BCUT2D eigenvalue weighted by Gasteiger charge is 2.38. The normalized spacial score (nSPS) is 18.2. The zero-order valence-corrected chi connectivity index (χ0v) is 11.9. The van der Waals surface area contributed by atoms with Crippen LogP contribution in [0.4, 0.5) is 0 Å². The van der Waals surface area contributed by atoms with Crippen molar-refractivity contribution in [2.45, 2.75) is 64.8 Å². The summed E-state index contributed by atoms with van der Waals surface area (Å²) in [5.41, 5.74) is 12.3. The Morgan fingerprint density at radius 3 is 1.94 bits per heavy atom. The van der Waals surface area contributed by atoms with Gasteiger partial charge in [0, 0.05) is 5.54 Å². The van der Waals surface area contributed by atoms with Gasteiger partial charge in [0.05, 0.1) is 0 Å². The third-order valence-corrected chi connectivity index (χ3v) is 3.98. The number of hydrogen-bond donors (Lipinski definition) is 1. The van der Waals surface area contributed by atoms with Crippen molar-refractivity contribution < 1.29 is 0 Å². The van der Waals surface area contributed by atoms with Gasteiger partial charge in [0.25, 0.3) is 0 Å². The van der Waals surface area contributed by atoms with Crippen molar-refractivity contribution in [1.29, 1.82) is 0 Å². The van der Waals surface area contributed by atoms with Gasteiger partial charge in [0.2, 0.25) is 0 Å². The van der Waals surface area contributed by atoms with Crippen molar-refractivity contribution in [1.82, 2.24) is 0 Å². The summed E-state index contributed by atoms with van der Waals surface area (Å²) in [5.74, 6) is 0. The minimum absolute atomic E-state index is 0.110. The average molecular weight is 231 g/mol. The molecule has 1 nitrogen and oxygen atoms in total. The van der Waals surface area contributed by atoms with Crippen molar-refractivity contribution in [2.24, 2.45) is 5.73 Å². The van der Waals surface area contributed by atoms with Crippen LogP contribution in [0.15, 0.2) is 12.1 Å². The SMILES string of the molecule is Cc1cc(C(C)(C)C)cc(C)c1CC1(N)CC1. The van der Waals surface area contributed by atoms with Crippen molar-refractivity contribution in [3.05, 3.63) is 34.4 Å². The van der Waals surface area contributed by atoms with E-state index >= 15 is 0 Å². The van der Waals surface area contributed by atoms with Crippen LogP contribution in [0.1, 0.15) is 55.9 Å². The van der Waals surface area contributed by atoms with Gasteiger partial charge in [0.1, 0.15) is 0 Å². The number of hydrogen-bond acceptors (Lipinski definition) is 1. The van der Waals surface area contributed by atoms with E-state index < -0.39 is 0 Å². The van der Waals surface area contributed by atoms with E-state index in [9.17, 15) is 0 Å². The van der Waals surface area contributed by atoms with Gasteiger partial charge in [0.15, 0.2) is 0 Å². The molecule has 1 aliphatic rings. The first-order valence-corrected chi connectivity index (χ1v) is 6.61. The molecular weight excluding hydrogens is 206 g/mol. The maximum absolute atomic E-state index is 6.24. The monoisotopic (exact) mass is 231 g/mol. The zero-order valence-electron chi connectivity index (χ0n) is 11.9. The van der Waals surface area contributed by atoms with Gasteiger partial charge < -0.3 is 5.73 Å². The molecule has 0 spiro atoms. The number of nitrogens with two attached hydrogens (primary N) is 1. The molecule has 0 saturated heterocycles. The predicted octanol–water partition coefficient (Wildman–Crippen LogP) is 3.63. The molecule has 1 heteroatoms. The summed E-state index contributed by atoms with van der Waals surface area (Å²) >= 11 is 0. The summed E-state index contributed by atoms with van der Waals surface area (Å²) in [6, 6.07) is 4.68. The first-order chi connectivity index (χ1) is 7.71. The largest absolute Gasteiger partial charge is 0.325 e. The van der Waals surface area contributed by atoms with Gasteiger partial charge in [-0.3, -0.25) is 0 Å². The second-order valence-electron chi connectivity index (χ2n) is 6.88. The maximum Gasteiger partial charge on any atom is 0.0196 e. The smallest absolute Gasteiger partial charge is 0.0196 e. The molecule has 0 bridgehead atoms. The van der Waals surface area contributed by atoms with Crippen LogP contribution in [0.3, 0.4) is 0 Å². The number of benzene rings is 1. The van der Waals surface area contributed by atoms with Crippen LogP contribution < -0.4 is 5.73 Å². The zero-order chi connectivity index (χ0) is 12.8. The third-order valence-electron chi connectivity index (χ3n) is 3.98. The molecule has 2 rings (SSSR count). The summed E-state index contributed by atoms with van der Waals surface area (Å²) in [6.45, 7) is 11.3. The fourth-order valence-electron chi connectivity index (χ4n) is 2.39. The Kier molecular flexibility index (Phi) is 2.86. The lowest BCUT2D eigenvalue weighted by atomic mass is 9.83. The first kappa shape index (κ1) is 12.6. The fraction of sp³-hybridized carbons (Fsp3) is 0.625. The summed E-state index contributed by atoms with van der Waals surface area (Å²) in [6.07, 6.45) is 3.43. The Morgan fingerprint density at radius 1 is 1.12 bits per heavy atom. The molecule has 0 atom stereocenters. The minimum Gasteiger partial charge on any atom is -0.325 e. The molecule has 0 radical (unpaired) electrons. The minimum atomic E-state index is 0.110. The van der Waals surface area contributed by atoms with Gasteiger partial charge in [-0.1, -0.05) is 32.9 Å². The standard InChI is InChI=1S/C16H25N/c1-11-8-13(15(3,4)5)9-12(2)14(11)10-16(17)6-7-16/h8-9H,6-7,10,17H2,1-5H3. The molecular formula is C16H25N. The molecule has 0 heterocycles. The van der Waals surface area contributed by atoms with E-state index in [-0.39, 0.29) is 11.0 Å². The Balaban J connectivity index is 2.35. The van der Waals surface area contributed by atoms with Crippen LogP contribution in [-0.2, 0) is 11.8 Å². The fourth-order valence-corrected chi connectivity index (χ4v) is 2.39. The van der Waals surface area contributed by atoms with E-state index in [1.54, 1.807) is 0 Å². The van der Waals surface area contributed by atoms with E-state index in [1.165, 1.54) is 35.1 Å². The Morgan fingerprint density at radius 2 is 1.59 bits per heavy atom. The summed E-state index contributed by atoms with van der Waals surface area (Å²) in [7, 11) is 0. The van der Waals surface area contributed by atoms with Crippen molar-refractivity contribution >= 4 is 0 Å². The molecule has 17 heavy (non-hydrogen) atoms. The highest BCUT2D eigenvalue weighted by molar-refractivity contribution is 5.42. The Hall–Kier alpha value is -0.820. The van der Waals surface area contributed by atoms with Crippen molar-refractivity contribution in [3.63, 3.8) is 0 Å². The lowest BCUT2D eigenvalue weighted by molar-refractivity contribution is 0.587. The van der Waals surface area contributed by atoms with Crippen molar-refractivity contribution in [3.8, 4) is 0 Å². The van der Waals surface area contributed by atoms with Crippen LogP contribution in [0, 0.1) is 13.8 Å². The average Bonchev–Trinajstić information content (AvgIpc) is 2.89. The lowest BCUT2D eigenvalue weighted by Gasteiger charge is -2.23. The molecule has 2 N–H and O–H groups in total. The third kappa shape index (κ3) is 2.71. The van der Waals surface area contributed by atoms with E-state index in [0.717, 1.165) is 6.42 Å². The summed E-state index contributed by atoms with van der Waals surface area (Å²) in [5, 5.41) is 0. The van der Waals surface area contributed by atoms with Gasteiger partial charge in [-0.2, -0.15) is 0 Å². The Bertz CT molecular complexity index is 410. The maximum atomic E-state index is 6.24. The first-order valence-electron chi connectivity index (χ1n) is 6.61. The predicted molar refractivity (Wildman–Crippen MR) is 74.5 cm³/mol. The van der Waals surface area contributed by atoms with Crippen LogP contribution in [0.25, 0.3) is 0 Å². The van der Waals surface area contributed by atoms with E-state index in [2.05, 4.69) is 46.8 Å². The number of rotatable bonds is 2. The quantitative estimate of drug-likeness (QED) is 0.826. The van der Waals surface area contributed by atoms with E-state index in [4.69, 9.17) is 5.73 Å². The van der Waals surface area contributed by atoms with Crippen LogP contribution in [0.5, 0.6) is 0 Å². The van der Waals surface area contributed by atoms with E-state index in [1.807, 2.05) is 0 Å². The molecule has 1 aromatic rings. The van der Waals surface area contributed by atoms with Crippen LogP contribution in [-0.4, -0.2) is 5.54 Å². The van der Waals surface area contributed by atoms with Crippen LogP contribution in [0.2, 0.25) is 0 Å². The molecule has 1 aliphatic carbocycles. The molecule has 0 aromatic heterocycles. The lowest BCUT2D eigenvalue weighted by Crippen LogP contribution is -2.25. The van der Waals surface area contributed by atoms with Crippen molar-refractivity contribution in [2.75, 3.05) is 0 Å². The highest BCUT2D eigenvalue weighted by atomic mass is 14.8. The molecule has 0 aliphatic heterocycles. The molecule has 0 unspecified atom stereocenters. The van der Waals surface area contributed by atoms with E-state index in [0.29, 0.717) is 0 Å².